The van der Waals surface area contributed by atoms with Crippen LogP contribution in [-0.4, -0.2) is 40.6 Å². The number of benzene rings is 1. The van der Waals surface area contributed by atoms with Gasteiger partial charge in [-0.05, 0) is 30.7 Å². The Morgan fingerprint density at radius 2 is 1.96 bits per heavy atom. The zero-order valence-corrected chi connectivity index (χ0v) is 16.0. The van der Waals surface area contributed by atoms with Crippen LogP contribution in [0.2, 0.25) is 0 Å². The normalized spacial score (nSPS) is 19.9. The van der Waals surface area contributed by atoms with E-state index in [9.17, 15) is 8.42 Å². The minimum Gasteiger partial charge on any atom is -0.473 e. The van der Waals surface area contributed by atoms with Crippen LogP contribution in [0.4, 0.5) is 0 Å². The molecular weight excluding hydrogens is 382 g/mol. The molecule has 28 heavy (non-hydrogen) atoms. The largest absolute Gasteiger partial charge is 0.473 e. The summed E-state index contributed by atoms with van der Waals surface area (Å²) in [7, 11) is -3.91. The van der Waals surface area contributed by atoms with Crippen LogP contribution in [0.25, 0.3) is 11.2 Å². The molecule has 10 heteroatoms. The minimum absolute atomic E-state index is 0.0730. The number of aromatic nitrogens is 4. The second-order valence-corrected chi connectivity index (χ2v) is 8.13. The van der Waals surface area contributed by atoms with Crippen LogP contribution < -0.4 is 9.88 Å². The van der Waals surface area contributed by atoms with Crippen molar-refractivity contribution in [3.8, 4) is 5.88 Å². The summed E-state index contributed by atoms with van der Waals surface area (Å²) in [6.45, 7) is 0.730. The van der Waals surface area contributed by atoms with Crippen molar-refractivity contribution in [3.63, 3.8) is 0 Å². The highest BCUT2D eigenvalue weighted by Crippen LogP contribution is 2.31. The third kappa shape index (κ3) is 4.46. The van der Waals surface area contributed by atoms with E-state index in [0.717, 1.165) is 18.4 Å². The second-order valence-electron chi connectivity index (χ2n) is 6.91. The molecule has 3 aromatic rings. The summed E-state index contributed by atoms with van der Waals surface area (Å²) >= 11 is 0. The number of nitrogens with two attached hydrogens (primary N) is 1. The summed E-state index contributed by atoms with van der Waals surface area (Å²) in [5.74, 6) is 0.520. The molecule has 2 N–H and O–H groups in total. The molecule has 0 amide bonds. The first kappa shape index (κ1) is 18.8. The molecule has 0 spiro atoms. The molecule has 0 radical (unpaired) electrons. The average Bonchev–Trinajstić information content (AvgIpc) is 3.28. The van der Waals surface area contributed by atoms with Gasteiger partial charge in [0.25, 0.3) is 0 Å². The highest BCUT2D eigenvalue weighted by molar-refractivity contribution is 7.84. The first-order valence-electron chi connectivity index (χ1n) is 9.01. The zero-order chi connectivity index (χ0) is 19.6. The van der Waals surface area contributed by atoms with Gasteiger partial charge in [0.05, 0.1) is 19.5 Å². The summed E-state index contributed by atoms with van der Waals surface area (Å²) < 4.78 is 34.6. The van der Waals surface area contributed by atoms with Gasteiger partial charge in [0.1, 0.15) is 12.4 Å². The average molecular weight is 403 g/mol. The van der Waals surface area contributed by atoms with Crippen LogP contribution in [0.5, 0.6) is 5.88 Å². The van der Waals surface area contributed by atoms with E-state index in [1.807, 2.05) is 34.9 Å². The van der Waals surface area contributed by atoms with Crippen molar-refractivity contribution in [1.82, 2.24) is 19.5 Å². The van der Waals surface area contributed by atoms with Gasteiger partial charge < -0.3 is 9.30 Å². The van der Waals surface area contributed by atoms with E-state index in [-0.39, 0.29) is 18.6 Å². The van der Waals surface area contributed by atoms with Gasteiger partial charge in [0.2, 0.25) is 5.88 Å². The van der Waals surface area contributed by atoms with Crippen molar-refractivity contribution in [1.29, 1.82) is 0 Å². The maximum Gasteiger partial charge on any atom is 0.333 e. The molecule has 1 aromatic carbocycles. The molecule has 1 saturated carbocycles. The molecule has 2 heterocycles. The second kappa shape index (κ2) is 7.82. The molecule has 1 fully saturated rings. The Bertz CT molecular complexity index is 1050. The Morgan fingerprint density at radius 3 is 2.75 bits per heavy atom. The number of nitrogens with zero attached hydrogens (tertiary/aromatic N) is 4. The first-order chi connectivity index (χ1) is 13.5. The molecule has 0 saturated heterocycles. The monoisotopic (exact) mass is 403 g/mol. The van der Waals surface area contributed by atoms with E-state index in [0.29, 0.717) is 30.0 Å². The summed E-state index contributed by atoms with van der Waals surface area (Å²) in [6, 6.07) is 10.1. The molecule has 1 aliphatic carbocycles. The lowest BCUT2D eigenvalue weighted by molar-refractivity contribution is 0.186. The van der Waals surface area contributed by atoms with Gasteiger partial charge in [-0.1, -0.05) is 30.3 Å². The number of hydrogen-bond acceptors (Lipinski definition) is 7. The maximum absolute atomic E-state index is 10.9. The van der Waals surface area contributed by atoms with Gasteiger partial charge in [0.15, 0.2) is 11.2 Å². The lowest BCUT2D eigenvalue weighted by atomic mass is 10.1. The Morgan fingerprint density at radius 1 is 1.14 bits per heavy atom. The van der Waals surface area contributed by atoms with Crippen molar-refractivity contribution < 1.29 is 17.3 Å². The van der Waals surface area contributed by atoms with Gasteiger partial charge in [-0.2, -0.15) is 13.4 Å². The lowest BCUT2D eigenvalue weighted by Crippen LogP contribution is -2.20. The topological polar surface area (TPSA) is 122 Å². The van der Waals surface area contributed by atoms with Crippen molar-refractivity contribution in [2.45, 2.75) is 31.9 Å². The van der Waals surface area contributed by atoms with Crippen molar-refractivity contribution in [2.75, 3.05) is 6.61 Å². The molecule has 1 aliphatic rings. The first-order valence-corrected chi connectivity index (χ1v) is 10.5. The predicted octanol–water partition coefficient (Wildman–Crippen LogP) is 1.64. The predicted molar refractivity (Wildman–Crippen MR) is 102 cm³/mol. The van der Waals surface area contributed by atoms with Crippen LogP contribution in [0.3, 0.4) is 0 Å². The highest BCUT2D eigenvalue weighted by atomic mass is 32.2. The number of hydrogen-bond donors (Lipinski definition) is 1. The van der Waals surface area contributed by atoms with Gasteiger partial charge in [-0.25, -0.2) is 15.1 Å². The molecule has 0 aliphatic heterocycles. The Hall–Kier alpha value is -2.56. The van der Waals surface area contributed by atoms with Crippen molar-refractivity contribution in [3.05, 3.63) is 48.5 Å². The number of imidazole rings is 1. The van der Waals surface area contributed by atoms with Crippen LogP contribution in [0.15, 0.2) is 43.0 Å². The summed E-state index contributed by atoms with van der Waals surface area (Å²) in [5.41, 5.74) is 2.47. The fraction of sp³-hybridized carbons (Fsp3) is 0.389. The van der Waals surface area contributed by atoms with E-state index in [1.165, 1.54) is 6.33 Å². The van der Waals surface area contributed by atoms with E-state index >= 15 is 0 Å². The molecule has 0 bridgehead atoms. The third-order valence-corrected chi connectivity index (χ3v) is 5.27. The molecule has 148 valence electrons. The maximum atomic E-state index is 10.9. The molecule has 2 aromatic heterocycles. The third-order valence-electron chi connectivity index (χ3n) is 4.80. The zero-order valence-electron chi connectivity index (χ0n) is 15.1. The summed E-state index contributed by atoms with van der Waals surface area (Å²) in [4.78, 5) is 13.0. The summed E-state index contributed by atoms with van der Waals surface area (Å²) in [5, 5.41) is 4.88. The smallest absolute Gasteiger partial charge is 0.333 e. The van der Waals surface area contributed by atoms with Crippen LogP contribution in [0, 0.1) is 5.92 Å². The van der Waals surface area contributed by atoms with Crippen molar-refractivity contribution in [2.24, 2.45) is 11.1 Å². The van der Waals surface area contributed by atoms with Crippen LogP contribution >= 0.6 is 0 Å². The van der Waals surface area contributed by atoms with Crippen molar-refractivity contribution >= 4 is 21.5 Å². The van der Waals surface area contributed by atoms with Crippen LogP contribution in [-0.2, 0) is 21.0 Å². The fourth-order valence-corrected chi connectivity index (χ4v) is 3.86. The van der Waals surface area contributed by atoms with Gasteiger partial charge in [-0.3, -0.25) is 4.18 Å². The Balaban J connectivity index is 1.45. The fourth-order valence-electron chi connectivity index (χ4n) is 3.48. The number of fused-ring (bicyclic) bond motifs is 1. The molecule has 4 rings (SSSR count). The standard InChI is InChI=1S/C18H21N5O4S/c19-28(24,25)26-10-14-6-7-15(8-14)27-18-16-17(20-11-21-18)23(12-22-16)9-13-4-2-1-3-5-13/h1-5,11-12,14-15H,6-10H2,(H2,19,24,25)/t14-,15-/m0/s1. The van der Waals surface area contributed by atoms with E-state index in [2.05, 4.69) is 15.0 Å². The van der Waals surface area contributed by atoms with E-state index in [1.54, 1.807) is 6.33 Å². The Kier molecular flexibility index (Phi) is 5.25. The number of ether oxygens (including phenoxy) is 1. The number of rotatable bonds is 7. The Labute approximate surface area is 162 Å². The van der Waals surface area contributed by atoms with E-state index < -0.39 is 10.3 Å². The minimum atomic E-state index is -3.91. The van der Waals surface area contributed by atoms with Gasteiger partial charge in [0, 0.05) is 0 Å². The molecule has 9 nitrogen and oxygen atoms in total. The van der Waals surface area contributed by atoms with Crippen LogP contribution in [0.1, 0.15) is 24.8 Å². The quantitative estimate of drug-likeness (QED) is 0.636. The molecular formula is C18H21N5O4S. The molecule has 2 atom stereocenters. The lowest BCUT2D eigenvalue weighted by Gasteiger charge is -2.13. The van der Waals surface area contributed by atoms with E-state index in [4.69, 9.17) is 14.1 Å². The summed E-state index contributed by atoms with van der Waals surface area (Å²) in [6.07, 6.45) is 5.39. The SMILES string of the molecule is NS(=O)(=O)OC[C@H]1CC[C@H](Oc2ncnc3c2ncn3Cc2ccccc2)C1. The highest BCUT2D eigenvalue weighted by Gasteiger charge is 2.28. The van der Waals surface area contributed by atoms with Gasteiger partial charge in [-0.15, -0.1) is 0 Å². The molecule has 0 unspecified atom stereocenters. The van der Waals surface area contributed by atoms with Gasteiger partial charge >= 0.3 is 10.3 Å².